The fourth-order valence-corrected chi connectivity index (χ4v) is 3.64. The van der Waals surface area contributed by atoms with Crippen LogP contribution in [0.15, 0.2) is 40.9 Å². The molecule has 1 aliphatic rings. The monoisotopic (exact) mass is 429 g/mol. The molecule has 1 unspecified atom stereocenters. The summed E-state index contributed by atoms with van der Waals surface area (Å²) in [7, 11) is 4.68. The molecular formula is C21H20ClN3O5. The third kappa shape index (κ3) is 3.66. The first-order valence-electron chi connectivity index (χ1n) is 9.24. The van der Waals surface area contributed by atoms with E-state index in [1.165, 1.54) is 0 Å². The standard InChI is InChI=1S/C21H20ClN3O5/c1-27-16-7-5-14(22)10-15(16)25-11-13(9-19(25)26)20-23-21(30-24-20)12-4-6-17(28-2)18(8-12)29-3/h4-8,10,13H,9,11H2,1-3H3. The highest BCUT2D eigenvalue weighted by Crippen LogP contribution is 2.38. The molecule has 0 bridgehead atoms. The van der Waals surface area contributed by atoms with Gasteiger partial charge in [0.2, 0.25) is 5.91 Å². The fourth-order valence-electron chi connectivity index (χ4n) is 3.47. The molecule has 3 aromatic rings. The largest absolute Gasteiger partial charge is 0.495 e. The van der Waals surface area contributed by atoms with Crippen LogP contribution in [-0.4, -0.2) is 43.9 Å². The van der Waals surface area contributed by atoms with Crippen LogP contribution in [-0.2, 0) is 4.79 Å². The second-order valence-electron chi connectivity index (χ2n) is 6.75. The number of anilines is 1. The quantitative estimate of drug-likeness (QED) is 0.586. The van der Waals surface area contributed by atoms with E-state index >= 15 is 0 Å². The third-order valence-corrected chi connectivity index (χ3v) is 5.23. The zero-order valence-corrected chi connectivity index (χ0v) is 17.5. The van der Waals surface area contributed by atoms with Gasteiger partial charge in [-0.25, -0.2) is 0 Å². The van der Waals surface area contributed by atoms with Crippen molar-refractivity contribution in [3.63, 3.8) is 0 Å². The Hall–Kier alpha value is -3.26. The van der Waals surface area contributed by atoms with E-state index in [-0.39, 0.29) is 18.2 Å². The molecule has 156 valence electrons. The lowest BCUT2D eigenvalue weighted by molar-refractivity contribution is -0.117. The van der Waals surface area contributed by atoms with Crippen molar-refractivity contribution >= 4 is 23.2 Å². The number of rotatable bonds is 6. The number of carbonyl (C=O) groups excluding carboxylic acids is 1. The molecule has 1 fully saturated rings. The molecular weight excluding hydrogens is 410 g/mol. The van der Waals surface area contributed by atoms with E-state index < -0.39 is 0 Å². The molecule has 0 saturated carbocycles. The number of hydrogen-bond acceptors (Lipinski definition) is 7. The smallest absolute Gasteiger partial charge is 0.258 e. The molecule has 0 N–H and O–H groups in total. The summed E-state index contributed by atoms with van der Waals surface area (Å²) in [6.45, 7) is 0.403. The molecule has 8 nitrogen and oxygen atoms in total. The van der Waals surface area contributed by atoms with E-state index in [0.29, 0.717) is 51.8 Å². The highest BCUT2D eigenvalue weighted by atomic mass is 35.5. The third-order valence-electron chi connectivity index (χ3n) is 4.99. The number of amides is 1. The number of aromatic nitrogens is 2. The molecule has 2 aromatic carbocycles. The fraction of sp³-hybridized carbons (Fsp3) is 0.286. The Morgan fingerprint density at radius 3 is 2.50 bits per heavy atom. The lowest BCUT2D eigenvalue weighted by Gasteiger charge is -2.19. The van der Waals surface area contributed by atoms with Crippen molar-refractivity contribution in [3.05, 3.63) is 47.2 Å². The van der Waals surface area contributed by atoms with Gasteiger partial charge in [0.25, 0.3) is 5.89 Å². The number of carbonyl (C=O) groups is 1. The van der Waals surface area contributed by atoms with Crippen molar-refractivity contribution in [2.45, 2.75) is 12.3 Å². The van der Waals surface area contributed by atoms with E-state index in [0.717, 1.165) is 0 Å². The number of halogens is 1. The Morgan fingerprint density at radius 1 is 1.03 bits per heavy atom. The highest BCUT2D eigenvalue weighted by molar-refractivity contribution is 6.31. The zero-order chi connectivity index (χ0) is 21.3. The highest BCUT2D eigenvalue weighted by Gasteiger charge is 2.36. The predicted molar refractivity (Wildman–Crippen MR) is 111 cm³/mol. The summed E-state index contributed by atoms with van der Waals surface area (Å²) in [6.07, 6.45) is 0.264. The van der Waals surface area contributed by atoms with Gasteiger partial charge < -0.3 is 23.6 Å². The SMILES string of the molecule is COc1ccc(-c2nc(C3CC(=O)N(c4cc(Cl)ccc4OC)C3)no2)cc1OC. The van der Waals surface area contributed by atoms with Crippen molar-refractivity contribution in [3.8, 4) is 28.7 Å². The van der Waals surface area contributed by atoms with Crippen molar-refractivity contribution in [2.75, 3.05) is 32.8 Å². The molecule has 1 aromatic heterocycles. The van der Waals surface area contributed by atoms with Gasteiger partial charge in [0.05, 0.1) is 27.0 Å². The average Bonchev–Trinajstić information content (AvgIpc) is 3.40. The van der Waals surface area contributed by atoms with Crippen LogP contribution in [0.25, 0.3) is 11.5 Å². The molecule has 1 atom stereocenters. The van der Waals surface area contributed by atoms with E-state index in [4.69, 9.17) is 30.3 Å². The van der Waals surface area contributed by atoms with Gasteiger partial charge in [-0.05, 0) is 36.4 Å². The summed E-state index contributed by atoms with van der Waals surface area (Å²) >= 11 is 6.12. The Morgan fingerprint density at radius 2 is 1.77 bits per heavy atom. The van der Waals surface area contributed by atoms with Gasteiger partial charge in [-0.15, -0.1) is 0 Å². The van der Waals surface area contributed by atoms with Gasteiger partial charge in [-0.3, -0.25) is 4.79 Å². The molecule has 4 rings (SSSR count). The Bertz CT molecular complexity index is 1080. The molecule has 1 aliphatic heterocycles. The first kappa shape index (κ1) is 20.0. The maximum Gasteiger partial charge on any atom is 0.258 e. The molecule has 0 spiro atoms. The normalized spacial score (nSPS) is 16.1. The minimum Gasteiger partial charge on any atom is -0.495 e. The van der Waals surface area contributed by atoms with Crippen LogP contribution < -0.4 is 19.1 Å². The molecule has 0 aliphatic carbocycles. The molecule has 9 heteroatoms. The number of hydrogen-bond donors (Lipinski definition) is 0. The number of benzene rings is 2. The average molecular weight is 430 g/mol. The van der Waals surface area contributed by atoms with Gasteiger partial charge in [0.1, 0.15) is 5.75 Å². The maximum absolute atomic E-state index is 12.7. The summed E-state index contributed by atoms with van der Waals surface area (Å²) < 4.78 is 21.4. The van der Waals surface area contributed by atoms with Crippen molar-refractivity contribution in [1.82, 2.24) is 10.1 Å². The Labute approximate surface area is 178 Å². The molecule has 1 amide bonds. The van der Waals surface area contributed by atoms with Crippen LogP contribution in [0.4, 0.5) is 5.69 Å². The molecule has 0 radical (unpaired) electrons. The Kier molecular flexibility index (Phi) is 5.50. The van der Waals surface area contributed by atoms with Gasteiger partial charge in [-0.2, -0.15) is 4.98 Å². The van der Waals surface area contributed by atoms with Crippen molar-refractivity contribution in [2.24, 2.45) is 0 Å². The summed E-state index contributed by atoms with van der Waals surface area (Å²) in [6, 6.07) is 10.5. The summed E-state index contributed by atoms with van der Waals surface area (Å²) in [5, 5.41) is 4.63. The lowest BCUT2D eigenvalue weighted by Crippen LogP contribution is -2.24. The Balaban J connectivity index is 1.58. The van der Waals surface area contributed by atoms with Gasteiger partial charge >= 0.3 is 0 Å². The summed E-state index contributed by atoms with van der Waals surface area (Å²) in [5.41, 5.74) is 1.32. The van der Waals surface area contributed by atoms with E-state index in [1.807, 2.05) is 6.07 Å². The minimum absolute atomic E-state index is 0.0574. The van der Waals surface area contributed by atoms with Crippen LogP contribution in [0, 0.1) is 0 Å². The maximum atomic E-state index is 12.7. The first-order chi connectivity index (χ1) is 14.5. The molecule has 2 heterocycles. The van der Waals surface area contributed by atoms with Crippen LogP contribution in [0.2, 0.25) is 5.02 Å². The lowest BCUT2D eigenvalue weighted by atomic mass is 10.1. The van der Waals surface area contributed by atoms with Crippen LogP contribution in [0.3, 0.4) is 0 Å². The van der Waals surface area contributed by atoms with Gasteiger partial charge in [0.15, 0.2) is 17.3 Å². The first-order valence-corrected chi connectivity index (χ1v) is 9.61. The van der Waals surface area contributed by atoms with Gasteiger partial charge in [0, 0.05) is 29.5 Å². The zero-order valence-electron chi connectivity index (χ0n) is 16.7. The minimum atomic E-state index is -0.209. The second-order valence-corrected chi connectivity index (χ2v) is 7.19. The van der Waals surface area contributed by atoms with Crippen molar-refractivity contribution in [1.29, 1.82) is 0 Å². The van der Waals surface area contributed by atoms with Crippen molar-refractivity contribution < 1.29 is 23.5 Å². The summed E-state index contributed by atoms with van der Waals surface area (Å²) in [4.78, 5) is 18.8. The van der Waals surface area contributed by atoms with Crippen LogP contribution in [0.5, 0.6) is 17.2 Å². The number of ether oxygens (including phenoxy) is 3. The van der Waals surface area contributed by atoms with Crippen LogP contribution in [0.1, 0.15) is 18.2 Å². The predicted octanol–water partition coefficient (Wildman–Crippen LogP) is 3.94. The van der Waals surface area contributed by atoms with E-state index in [9.17, 15) is 4.79 Å². The topological polar surface area (TPSA) is 86.9 Å². The van der Waals surface area contributed by atoms with E-state index in [1.54, 1.807) is 56.6 Å². The molecule has 30 heavy (non-hydrogen) atoms. The number of methoxy groups -OCH3 is 3. The van der Waals surface area contributed by atoms with Crippen LogP contribution >= 0.6 is 11.6 Å². The van der Waals surface area contributed by atoms with Gasteiger partial charge in [-0.1, -0.05) is 16.8 Å². The van der Waals surface area contributed by atoms with E-state index in [2.05, 4.69) is 10.1 Å². The summed E-state index contributed by atoms with van der Waals surface area (Å²) in [5.74, 6) is 2.29. The molecule has 1 saturated heterocycles. The number of nitrogens with zero attached hydrogens (tertiary/aromatic N) is 3. The second kappa shape index (κ2) is 8.23.